The van der Waals surface area contributed by atoms with Gasteiger partial charge in [0.15, 0.2) is 0 Å². The number of halogens is 1. The Bertz CT molecular complexity index is 563. The van der Waals surface area contributed by atoms with Crippen molar-refractivity contribution >= 4 is 11.6 Å². The Hall–Kier alpha value is -1.81. The minimum absolute atomic E-state index is 0.00289. The van der Waals surface area contributed by atoms with Crippen LogP contribution in [0, 0.1) is 6.92 Å². The number of hydrogen-bond acceptors (Lipinski definition) is 3. The third-order valence-corrected chi connectivity index (χ3v) is 2.80. The fourth-order valence-corrected chi connectivity index (χ4v) is 1.89. The third-order valence-electron chi connectivity index (χ3n) is 2.57. The lowest BCUT2D eigenvalue weighted by atomic mass is 10.1. The summed E-state index contributed by atoms with van der Waals surface area (Å²) < 4.78 is 5.18. The summed E-state index contributed by atoms with van der Waals surface area (Å²) in [5.74, 6) is 0.394. The summed E-state index contributed by atoms with van der Waals surface area (Å²) in [7, 11) is 1.50. The van der Waals surface area contributed by atoms with E-state index in [1.54, 1.807) is 25.1 Å². The van der Waals surface area contributed by atoms with Crippen LogP contribution in [0.25, 0.3) is 11.1 Å². The first-order valence-electron chi connectivity index (χ1n) is 4.99. The van der Waals surface area contributed by atoms with Gasteiger partial charge in [-0.15, -0.1) is 0 Å². The van der Waals surface area contributed by atoms with Crippen LogP contribution < -0.4 is 4.74 Å². The molecule has 0 atom stereocenters. The number of rotatable bonds is 2. The summed E-state index contributed by atoms with van der Waals surface area (Å²) in [6.45, 7) is 1.67. The first kappa shape index (κ1) is 11.7. The van der Waals surface area contributed by atoms with Gasteiger partial charge in [0, 0.05) is 10.6 Å². The Morgan fingerprint density at radius 2 is 2.00 bits per heavy atom. The molecule has 0 saturated carbocycles. The smallest absolute Gasteiger partial charge is 0.200 e. The summed E-state index contributed by atoms with van der Waals surface area (Å²) in [5.41, 5.74) is 1.39. The van der Waals surface area contributed by atoms with Gasteiger partial charge in [0.05, 0.1) is 18.4 Å². The van der Waals surface area contributed by atoms with Crippen molar-refractivity contribution in [2.45, 2.75) is 6.92 Å². The highest BCUT2D eigenvalue weighted by Crippen LogP contribution is 2.44. The van der Waals surface area contributed by atoms with Gasteiger partial charge in [-0.2, -0.15) is 0 Å². The van der Waals surface area contributed by atoms with E-state index in [9.17, 15) is 10.2 Å². The number of benzene rings is 1. The fourth-order valence-electron chi connectivity index (χ4n) is 1.73. The second kappa shape index (κ2) is 4.22. The molecule has 0 radical (unpaired) electrons. The second-order valence-electron chi connectivity index (χ2n) is 3.67. The molecule has 90 valence electrons. The molecule has 2 rings (SSSR count). The fraction of sp³-hybridized carbons (Fsp3) is 0.167. The molecule has 0 unspecified atom stereocenters. The number of aryl methyl sites for hydroxylation is 1. The van der Waals surface area contributed by atoms with Crippen LogP contribution in [0.4, 0.5) is 0 Å². The molecule has 0 aliphatic heterocycles. The number of ether oxygens (including phenoxy) is 1. The summed E-state index contributed by atoms with van der Waals surface area (Å²) >= 11 is 5.86. The maximum Gasteiger partial charge on any atom is 0.200 e. The monoisotopic (exact) mass is 253 g/mol. The molecule has 5 heteroatoms. The van der Waals surface area contributed by atoms with Gasteiger partial charge in [-0.1, -0.05) is 11.6 Å². The van der Waals surface area contributed by atoms with Crippen molar-refractivity contribution in [2.24, 2.45) is 0 Å². The van der Waals surface area contributed by atoms with Crippen molar-refractivity contribution < 1.29 is 14.9 Å². The summed E-state index contributed by atoms with van der Waals surface area (Å²) in [6.07, 6.45) is 0. The lowest BCUT2D eigenvalue weighted by Crippen LogP contribution is -1.87. The number of methoxy groups -OCH3 is 1. The first-order valence-corrected chi connectivity index (χ1v) is 5.36. The Kier molecular flexibility index (Phi) is 2.90. The predicted octanol–water partition coefficient (Wildman–Crippen LogP) is 3.06. The van der Waals surface area contributed by atoms with Crippen molar-refractivity contribution in [3.63, 3.8) is 0 Å². The van der Waals surface area contributed by atoms with Crippen molar-refractivity contribution in [1.82, 2.24) is 4.98 Å². The van der Waals surface area contributed by atoms with Crippen LogP contribution in [0.15, 0.2) is 18.2 Å². The Morgan fingerprint density at radius 3 is 2.53 bits per heavy atom. The van der Waals surface area contributed by atoms with Crippen LogP contribution in [-0.4, -0.2) is 22.3 Å². The molecule has 0 aliphatic carbocycles. The highest BCUT2D eigenvalue weighted by Gasteiger charge is 2.19. The quantitative estimate of drug-likeness (QED) is 0.771. The molecule has 0 amide bonds. The third kappa shape index (κ3) is 1.91. The van der Waals surface area contributed by atoms with Crippen LogP contribution in [0.2, 0.25) is 5.02 Å². The van der Waals surface area contributed by atoms with Crippen molar-refractivity contribution in [3.8, 4) is 28.5 Å². The molecule has 4 nitrogen and oxygen atoms in total. The van der Waals surface area contributed by atoms with E-state index in [0.717, 1.165) is 0 Å². The minimum Gasteiger partial charge on any atom is -0.505 e. The molecule has 2 aromatic rings. The van der Waals surface area contributed by atoms with Crippen LogP contribution in [0.3, 0.4) is 0 Å². The van der Waals surface area contributed by atoms with Gasteiger partial charge < -0.3 is 19.9 Å². The second-order valence-corrected chi connectivity index (χ2v) is 4.10. The van der Waals surface area contributed by atoms with E-state index >= 15 is 0 Å². The minimum atomic E-state index is -0.0966. The number of aromatic amines is 1. The molecule has 0 aliphatic rings. The molecule has 1 heterocycles. The molecule has 0 fully saturated rings. The van der Waals surface area contributed by atoms with Crippen LogP contribution in [-0.2, 0) is 0 Å². The number of aromatic hydroxyl groups is 2. The van der Waals surface area contributed by atoms with E-state index in [1.807, 2.05) is 0 Å². The molecule has 17 heavy (non-hydrogen) atoms. The van der Waals surface area contributed by atoms with Crippen LogP contribution in [0.1, 0.15) is 5.69 Å². The summed E-state index contributed by atoms with van der Waals surface area (Å²) in [5, 5.41) is 20.2. The topological polar surface area (TPSA) is 65.5 Å². The van der Waals surface area contributed by atoms with E-state index in [4.69, 9.17) is 16.3 Å². The SMILES string of the molecule is COc1cc(Cl)ccc1-c1c(O)[nH]c(C)c1O. The zero-order chi connectivity index (χ0) is 12.6. The normalized spacial score (nSPS) is 10.5. The van der Waals surface area contributed by atoms with Gasteiger partial charge in [-0.05, 0) is 25.1 Å². The van der Waals surface area contributed by atoms with Gasteiger partial charge in [0.1, 0.15) is 11.5 Å². The summed E-state index contributed by atoms with van der Waals surface area (Å²) in [6, 6.07) is 4.97. The van der Waals surface area contributed by atoms with Crippen molar-refractivity contribution in [2.75, 3.05) is 7.11 Å². The van der Waals surface area contributed by atoms with Gasteiger partial charge in [-0.3, -0.25) is 0 Å². The average Bonchev–Trinajstić information content (AvgIpc) is 2.54. The molecular formula is C12H12ClNO3. The standard InChI is InChI=1S/C12H12ClNO3/c1-6-11(15)10(12(16)14-6)8-4-3-7(13)5-9(8)17-2/h3-5,14-16H,1-2H3. The lowest BCUT2D eigenvalue weighted by Gasteiger charge is -2.08. The molecule has 3 N–H and O–H groups in total. The Balaban J connectivity index is 2.68. The molecule has 0 saturated heterocycles. The number of hydrogen-bond donors (Lipinski definition) is 3. The highest BCUT2D eigenvalue weighted by atomic mass is 35.5. The Morgan fingerprint density at radius 1 is 1.29 bits per heavy atom. The van der Waals surface area contributed by atoms with Crippen LogP contribution >= 0.6 is 11.6 Å². The van der Waals surface area contributed by atoms with Gasteiger partial charge in [0.2, 0.25) is 5.88 Å². The number of aromatic nitrogens is 1. The van der Waals surface area contributed by atoms with Crippen molar-refractivity contribution in [3.05, 3.63) is 28.9 Å². The van der Waals surface area contributed by atoms with E-state index < -0.39 is 0 Å². The van der Waals surface area contributed by atoms with Gasteiger partial charge >= 0.3 is 0 Å². The molecule has 0 spiro atoms. The predicted molar refractivity (Wildman–Crippen MR) is 65.9 cm³/mol. The molecular weight excluding hydrogens is 242 g/mol. The largest absolute Gasteiger partial charge is 0.505 e. The van der Waals surface area contributed by atoms with Crippen LogP contribution in [0.5, 0.6) is 17.4 Å². The molecule has 0 bridgehead atoms. The number of H-pyrrole nitrogens is 1. The van der Waals surface area contributed by atoms with E-state index in [0.29, 0.717) is 27.6 Å². The van der Waals surface area contributed by atoms with Crippen molar-refractivity contribution in [1.29, 1.82) is 0 Å². The molecule has 1 aromatic heterocycles. The summed E-state index contributed by atoms with van der Waals surface area (Å²) in [4.78, 5) is 2.66. The van der Waals surface area contributed by atoms with Gasteiger partial charge in [0.25, 0.3) is 0 Å². The zero-order valence-electron chi connectivity index (χ0n) is 9.41. The molecule has 1 aromatic carbocycles. The first-order chi connectivity index (χ1) is 8.04. The Labute approximate surface area is 103 Å². The maximum absolute atomic E-state index is 9.88. The van der Waals surface area contributed by atoms with E-state index in [1.165, 1.54) is 7.11 Å². The van der Waals surface area contributed by atoms with E-state index in [-0.39, 0.29) is 11.6 Å². The maximum atomic E-state index is 9.88. The highest BCUT2D eigenvalue weighted by molar-refractivity contribution is 6.30. The van der Waals surface area contributed by atoms with Gasteiger partial charge in [-0.25, -0.2) is 0 Å². The number of nitrogens with one attached hydrogen (secondary N) is 1. The zero-order valence-corrected chi connectivity index (χ0v) is 10.2. The van der Waals surface area contributed by atoms with E-state index in [2.05, 4.69) is 4.98 Å². The average molecular weight is 254 g/mol. The lowest BCUT2D eigenvalue weighted by molar-refractivity contribution is 0.414.